The third-order valence-corrected chi connectivity index (χ3v) is 2.53. The van der Waals surface area contributed by atoms with Crippen molar-refractivity contribution in [1.82, 2.24) is 4.98 Å². The standard InChI is InChI=1S/C11H11ClF3NO2.2C2H6/c1-5(2)6-4-7(9(17)11(13,14)15)16-10(12)8(6)18-3;2*1-2/h4-5H,1-3H3;2*1-2H3. The van der Waals surface area contributed by atoms with Crippen molar-refractivity contribution in [1.29, 1.82) is 0 Å². The SMILES string of the molecule is CC.CC.COc1c(C(C)C)cc(C(=O)C(F)(F)F)nc1Cl. The van der Waals surface area contributed by atoms with Gasteiger partial charge in [0.2, 0.25) is 0 Å². The number of alkyl halides is 3. The zero-order valence-corrected chi connectivity index (χ0v) is 14.7. The summed E-state index contributed by atoms with van der Waals surface area (Å²) in [5.74, 6) is -1.99. The van der Waals surface area contributed by atoms with E-state index in [-0.39, 0.29) is 16.8 Å². The van der Waals surface area contributed by atoms with Crippen LogP contribution in [0.1, 0.15) is 63.5 Å². The van der Waals surface area contributed by atoms with Gasteiger partial charge in [-0.05, 0) is 12.0 Å². The number of hydrogen-bond donors (Lipinski definition) is 0. The summed E-state index contributed by atoms with van der Waals surface area (Å²) in [6.07, 6.45) is -4.97. The van der Waals surface area contributed by atoms with Crippen LogP contribution in [-0.2, 0) is 0 Å². The molecular formula is C15H23ClF3NO2. The van der Waals surface area contributed by atoms with Gasteiger partial charge in [0.25, 0.3) is 5.78 Å². The lowest BCUT2D eigenvalue weighted by molar-refractivity contribution is -0.0888. The Morgan fingerprint density at radius 2 is 1.68 bits per heavy atom. The Hall–Kier alpha value is -1.30. The topological polar surface area (TPSA) is 39.2 Å². The first-order valence-corrected chi connectivity index (χ1v) is 7.42. The molecule has 3 nitrogen and oxygen atoms in total. The zero-order chi connectivity index (χ0) is 18.1. The molecule has 0 aliphatic carbocycles. The van der Waals surface area contributed by atoms with Crippen LogP contribution < -0.4 is 4.74 Å². The van der Waals surface area contributed by atoms with E-state index in [4.69, 9.17) is 16.3 Å². The van der Waals surface area contributed by atoms with E-state index >= 15 is 0 Å². The Balaban J connectivity index is 0. The summed E-state index contributed by atoms with van der Waals surface area (Å²) < 4.78 is 41.9. The van der Waals surface area contributed by atoms with Crippen LogP contribution in [0.25, 0.3) is 0 Å². The number of carbonyl (C=O) groups excluding carboxylic acids is 1. The number of Topliss-reactive ketones (excluding diaryl/α,β-unsaturated/α-hetero) is 1. The van der Waals surface area contributed by atoms with E-state index in [1.807, 2.05) is 27.7 Å². The lowest BCUT2D eigenvalue weighted by atomic mass is 10.0. The maximum Gasteiger partial charge on any atom is 0.456 e. The molecule has 7 heteroatoms. The first-order chi connectivity index (χ1) is 10.2. The molecule has 0 amide bonds. The predicted molar refractivity (Wildman–Crippen MR) is 83.0 cm³/mol. The Morgan fingerprint density at radius 3 is 2.00 bits per heavy atom. The van der Waals surface area contributed by atoms with E-state index in [1.165, 1.54) is 7.11 Å². The average Bonchev–Trinajstić information content (AvgIpc) is 2.48. The quantitative estimate of drug-likeness (QED) is 0.525. The summed E-state index contributed by atoms with van der Waals surface area (Å²) in [6, 6.07) is 1.06. The highest BCUT2D eigenvalue weighted by atomic mass is 35.5. The second-order valence-electron chi connectivity index (χ2n) is 3.90. The van der Waals surface area contributed by atoms with Crippen molar-refractivity contribution >= 4 is 17.4 Å². The highest BCUT2D eigenvalue weighted by molar-refractivity contribution is 6.31. The van der Waals surface area contributed by atoms with Crippen LogP contribution in [0.5, 0.6) is 5.75 Å². The number of carbonyl (C=O) groups is 1. The second-order valence-corrected chi connectivity index (χ2v) is 4.26. The molecule has 0 saturated heterocycles. The van der Waals surface area contributed by atoms with Crippen LogP contribution >= 0.6 is 11.6 Å². The molecule has 1 aromatic heterocycles. The minimum atomic E-state index is -4.97. The van der Waals surface area contributed by atoms with Gasteiger partial charge < -0.3 is 4.74 Å². The maximum absolute atomic E-state index is 12.3. The third-order valence-electron chi connectivity index (χ3n) is 2.28. The molecule has 0 aliphatic heterocycles. The van der Waals surface area contributed by atoms with Gasteiger partial charge in [-0.1, -0.05) is 53.1 Å². The number of hydrogen-bond acceptors (Lipinski definition) is 3. The predicted octanol–water partition coefficient (Wildman–Crippen LogP) is 5.66. The minimum absolute atomic E-state index is 0.153. The van der Waals surface area contributed by atoms with Crippen molar-refractivity contribution < 1.29 is 22.7 Å². The summed E-state index contributed by atoms with van der Waals surface area (Å²) in [6.45, 7) is 11.5. The first kappa shape index (κ1) is 23.0. The van der Waals surface area contributed by atoms with Crippen molar-refractivity contribution in [2.45, 2.75) is 53.6 Å². The molecule has 0 spiro atoms. The molecule has 0 radical (unpaired) electrons. The summed E-state index contributed by atoms with van der Waals surface area (Å²) in [4.78, 5) is 14.5. The number of aromatic nitrogens is 1. The molecule has 1 heterocycles. The lowest BCUT2D eigenvalue weighted by Crippen LogP contribution is -2.24. The van der Waals surface area contributed by atoms with Gasteiger partial charge in [-0.25, -0.2) is 4.98 Å². The molecule has 1 aromatic rings. The average molecular weight is 342 g/mol. The van der Waals surface area contributed by atoms with Crippen molar-refractivity contribution in [2.24, 2.45) is 0 Å². The van der Waals surface area contributed by atoms with Gasteiger partial charge in [-0.3, -0.25) is 4.79 Å². The summed E-state index contributed by atoms with van der Waals surface area (Å²) in [7, 11) is 1.33. The van der Waals surface area contributed by atoms with E-state index in [0.717, 1.165) is 6.07 Å². The minimum Gasteiger partial charge on any atom is -0.493 e. The van der Waals surface area contributed by atoms with Gasteiger partial charge in [0.15, 0.2) is 10.9 Å². The number of rotatable bonds is 3. The second kappa shape index (κ2) is 10.4. The molecule has 0 bridgehead atoms. The van der Waals surface area contributed by atoms with E-state index in [9.17, 15) is 18.0 Å². The maximum atomic E-state index is 12.3. The van der Waals surface area contributed by atoms with Gasteiger partial charge >= 0.3 is 6.18 Å². The number of pyridine rings is 1. The fourth-order valence-electron chi connectivity index (χ4n) is 1.41. The van der Waals surface area contributed by atoms with E-state index in [1.54, 1.807) is 13.8 Å². The van der Waals surface area contributed by atoms with Crippen molar-refractivity contribution in [3.63, 3.8) is 0 Å². The Bertz CT molecular complexity index is 475. The summed E-state index contributed by atoms with van der Waals surface area (Å²) >= 11 is 5.72. The molecule has 0 fully saturated rings. The zero-order valence-electron chi connectivity index (χ0n) is 13.9. The van der Waals surface area contributed by atoms with Gasteiger partial charge in [-0.2, -0.15) is 13.2 Å². The smallest absolute Gasteiger partial charge is 0.456 e. The van der Waals surface area contributed by atoms with Crippen LogP contribution in [0.4, 0.5) is 13.2 Å². The molecule has 1 rings (SSSR count). The molecule has 128 valence electrons. The lowest BCUT2D eigenvalue weighted by Gasteiger charge is -2.14. The fraction of sp³-hybridized carbons (Fsp3) is 0.600. The van der Waals surface area contributed by atoms with E-state index in [2.05, 4.69) is 4.98 Å². The largest absolute Gasteiger partial charge is 0.493 e. The Morgan fingerprint density at radius 1 is 1.23 bits per heavy atom. The van der Waals surface area contributed by atoms with Crippen molar-refractivity contribution in [2.75, 3.05) is 7.11 Å². The summed E-state index contributed by atoms with van der Waals surface area (Å²) in [5.41, 5.74) is -0.317. The van der Waals surface area contributed by atoms with Gasteiger partial charge in [0, 0.05) is 5.56 Å². The monoisotopic (exact) mass is 341 g/mol. The highest BCUT2D eigenvalue weighted by Crippen LogP contribution is 2.34. The number of ketones is 1. The van der Waals surface area contributed by atoms with Crippen LogP contribution in [-0.4, -0.2) is 24.1 Å². The molecule has 22 heavy (non-hydrogen) atoms. The summed E-state index contributed by atoms with van der Waals surface area (Å²) in [5, 5.41) is -0.253. The van der Waals surface area contributed by atoms with Gasteiger partial charge in [-0.15, -0.1) is 0 Å². The van der Waals surface area contributed by atoms with Crippen molar-refractivity contribution in [3.8, 4) is 5.75 Å². The van der Waals surface area contributed by atoms with Gasteiger partial charge in [0.05, 0.1) is 7.11 Å². The number of halogens is 4. The van der Waals surface area contributed by atoms with E-state index in [0.29, 0.717) is 5.56 Å². The van der Waals surface area contributed by atoms with Crippen LogP contribution in [0.15, 0.2) is 6.07 Å². The van der Waals surface area contributed by atoms with E-state index < -0.39 is 17.7 Å². The Labute approximate surface area is 134 Å². The van der Waals surface area contributed by atoms with Crippen LogP contribution in [0.3, 0.4) is 0 Å². The molecule has 0 saturated carbocycles. The third kappa shape index (κ3) is 6.22. The van der Waals surface area contributed by atoms with Gasteiger partial charge in [0.1, 0.15) is 5.69 Å². The fourth-order valence-corrected chi connectivity index (χ4v) is 1.69. The molecule has 0 aromatic carbocycles. The van der Waals surface area contributed by atoms with Crippen molar-refractivity contribution in [3.05, 3.63) is 22.5 Å². The number of methoxy groups -OCH3 is 1. The molecule has 0 aliphatic rings. The molecule has 0 N–H and O–H groups in total. The molecular weight excluding hydrogens is 319 g/mol. The highest BCUT2D eigenvalue weighted by Gasteiger charge is 2.41. The number of ether oxygens (including phenoxy) is 1. The Kier molecular flexibility index (Phi) is 10.9. The normalized spacial score (nSPS) is 10.2. The van der Waals surface area contributed by atoms with Crippen LogP contribution in [0.2, 0.25) is 5.15 Å². The first-order valence-electron chi connectivity index (χ1n) is 7.04. The molecule has 0 unspecified atom stereocenters. The van der Waals surface area contributed by atoms with Crippen LogP contribution in [0, 0.1) is 0 Å². The molecule has 0 atom stereocenters. The number of nitrogens with zero attached hydrogens (tertiary/aromatic N) is 1.